The number of anilines is 2. The van der Waals surface area contributed by atoms with Crippen LogP contribution in [0.3, 0.4) is 0 Å². The number of aliphatic hydroxyl groups excluding tert-OH is 1. The third-order valence-corrected chi connectivity index (χ3v) is 10.6. The van der Waals surface area contributed by atoms with Gasteiger partial charge in [-0.1, -0.05) is 54.6 Å². The average molecular weight is 671 g/mol. The van der Waals surface area contributed by atoms with Crippen molar-refractivity contribution in [3.63, 3.8) is 0 Å². The van der Waals surface area contributed by atoms with Gasteiger partial charge in [0.05, 0.1) is 24.7 Å². The monoisotopic (exact) mass is 670 g/mol. The van der Waals surface area contributed by atoms with Crippen LogP contribution in [-0.2, 0) is 28.7 Å². The summed E-state index contributed by atoms with van der Waals surface area (Å²) in [5, 5.41) is 10.1. The maximum absolute atomic E-state index is 14.9. The van der Waals surface area contributed by atoms with Crippen LogP contribution in [0.5, 0.6) is 0 Å². The molecular formula is C38H46N4O7. The molecule has 2 fully saturated rings. The maximum atomic E-state index is 14.9. The molecule has 6 rings (SSSR count). The molecule has 2 aromatic carbocycles. The minimum atomic E-state index is -1.42. The SMILES string of the molecule is CCN(CC)c1ccc(N2C/C=C\CCC(=O)N(C)[C@H](C)[C@@H](c3ccccc3)OC(=O)[C@@H]3[C@@H]4C=C[C@]5(O4)[C@H](C2=O)N(CCO)C(=O)[C@@H]35)cc1. The molecule has 2 saturated heterocycles. The van der Waals surface area contributed by atoms with Gasteiger partial charge in [-0.3, -0.25) is 19.2 Å². The molecule has 0 radical (unpaired) electrons. The highest BCUT2D eigenvalue weighted by Crippen LogP contribution is 2.56. The fraction of sp³-hybridized carbons (Fsp3) is 0.474. The lowest BCUT2D eigenvalue weighted by Crippen LogP contribution is -2.56. The number of esters is 1. The zero-order valence-corrected chi connectivity index (χ0v) is 28.6. The van der Waals surface area contributed by atoms with Crippen LogP contribution in [0.2, 0.25) is 0 Å². The standard InChI is InChI=1S/C38H46N4O7/c1-5-40(6-2)27-16-18-28(19-17-27)41-22-12-8-11-15-30(44)39(4)25(3)33(26-13-9-7-10-14-26)48-37(47)31-29-20-21-38(49-29)32(31)35(45)42(23-24-43)34(38)36(41)46/h7-10,12-14,16-21,25,29,31-34,43H,5-6,11,15,22-24H2,1-4H3/b12-8-/t25-,29+,31-,32-,33+,34+,38-/m1/s1. The van der Waals surface area contributed by atoms with Crippen LogP contribution in [0.4, 0.5) is 11.4 Å². The molecule has 2 aromatic rings. The smallest absolute Gasteiger partial charge is 0.313 e. The number of hydrogen-bond donors (Lipinski definition) is 1. The van der Waals surface area contributed by atoms with Gasteiger partial charge in [-0.05, 0) is 57.0 Å². The molecule has 1 N–H and O–H groups in total. The topological polar surface area (TPSA) is 120 Å². The van der Waals surface area contributed by atoms with Crippen LogP contribution >= 0.6 is 0 Å². The Labute approximate surface area is 287 Å². The highest BCUT2D eigenvalue weighted by atomic mass is 16.6. The first-order valence-electron chi connectivity index (χ1n) is 17.3. The summed E-state index contributed by atoms with van der Waals surface area (Å²) in [6, 6.07) is 15.3. The van der Waals surface area contributed by atoms with Gasteiger partial charge in [0, 0.05) is 51.0 Å². The van der Waals surface area contributed by atoms with Crippen molar-refractivity contribution >= 4 is 35.1 Å². The number of amides is 3. The number of benzene rings is 2. The number of ether oxygens (including phenoxy) is 2. The van der Waals surface area contributed by atoms with Gasteiger partial charge in [-0.15, -0.1) is 0 Å². The Morgan fingerprint density at radius 3 is 2.35 bits per heavy atom. The van der Waals surface area contributed by atoms with Gasteiger partial charge in [-0.25, -0.2) is 0 Å². The van der Waals surface area contributed by atoms with E-state index in [9.17, 15) is 24.3 Å². The number of rotatable bonds is 7. The normalized spacial score (nSPS) is 30.9. The number of carbonyl (C=O) groups excluding carboxylic acids is 4. The molecule has 0 saturated carbocycles. The van der Waals surface area contributed by atoms with Crippen LogP contribution in [0.15, 0.2) is 78.9 Å². The minimum Gasteiger partial charge on any atom is -0.455 e. The number of allylic oxidation sites excluding steroid dienone is 1. The number of likely N-dealkylation sites (tertiary alicyclic amines) is 1. The number of fused-ring (bicyclic) bond motifs is 2. The van der Waals surface area contributed by atoms with E-state index < -0.39 is 53.6 Å². The van der Waals surface area contributed by atoms with Gasteiger partial charge in [-0.2, -0.15) is 0 Å². The van der Waals surface area contributed by atoms with E-state index in [-0.39, 0.29) is 37.9 Å². The number of nitrogens with zero attached hydrogens (tertiary/aromatic N) is 4. The van der Waals surface area contributed by atoms with Gasteiger partial charge in [0.25, 0.3) is 5.91 Å². The lowest BCUT2D eigenvalue weighted by Gasteiger charge is -2.36. The van der Waals surface area contributed by atoms with Crippen molar-refractivity contribution in [2.24, 2.45) is 11.8 Å². The summed E-state index contributed by atoms with van der Waals surface area (Å²) < 4.78 is 12.8. The highest BCUT2D eigenvalue weighted by Gasteiger charge is 2.73. The molecule has 49 heavy (non-hydrogen) atoms. The fourth-order valence-electron chi connectivity index (χ4n) is 7.87. The van der Waals surface area contributed by atoms with Gasteiger partial charge in [0.1, 0.15) is 23.7 Å². The molecule has 4 heterocycles. The number of β-amino-alcohol motifs (C(OH)–C–C–N with tert-alkyl or cyclic N) is 1. The zero-order chi connectivity index (χ0) is 34.9. The first kappa shape index (κ1) is 34.4. The molecule has 260 valence electrons. The summed E-state index contributed by atoms with van der Waals surface area (Å²) in [4.78, 5) is 63.6. The number of likely N-dealkylation sites (N-methyl/N-ethyl adjacent to an activating group) is 1. The second-order valence-electron chi connectivity index (χ2n) is 13.1. The van der Waals surface area contributed by atoms with Gasteiger partial charge < -0.3 is 34.2 Å². The first-order chi connectivity index (χ1) is 23.7. The lowest BCUT2D eigenvalue weighted by atomic mass is 9.74. The Kier molecular flexibility index (Phi) is 9.94. The molecule has 1 spiro atoms. The van der Waals surface area contributed by atoms with Crippen LogP contribution in [0, 0.1) is 11.8 Å². The van der Waals surface area contributed by atoms with Crippen molar-refractivity contribution in [3.05, 3.63) is 84.5 Å². The number of hydrogen-bond acceptors (Lipinski definition) is 8. The van der Waals surface area contributed by atoms with Crippen molar-refractivity contribution in [3.8, 4) is 0 Å². The minimum absolute atomic E-state index is 0.0989. The molecule has 3 amide bonds. The van der Waals surface area contributed by atoms with Gasteiger partial charge in [0.2, 0.25) is 11.8 Å². The summed E-state index contributed by atoms with van der Waals surface area (Å²) in [5.41, 5.74) is 0.939. The Morgan fingerprint density at radius 2 is 1.67 bits per heavy atom. The van der Waals surface area contributed by atoms with E-state index in [1.54, 1.807) is 29.0 Å². The van der Waals surface area contributed by atoms with Crippen LogP contribution in [-0.4, -0.2) is 102 Å². The predicted octanol–water partition coefficient (Wildman–Crippen LogP) is 3.49. The van der Waals surface area contributed by atoms with E-state index in [1.165, 1.54) is 4.90 Å². The first-order valence-corrected chi connectivity index (χ1v) is 17.3. The largest absolute Gasteiger partial charge is 0.455 e. The molecular weight excluding hydrogens is 624 g/mol. The average Bonchev–Trinajstić information content (AvgIpc) is 3.76. The highest BCUT2D eigenvalue weighted by molar-refractivity contribution is 6.05. The molecule has 11 heteroatoms. The van der Waals surface area contributed by atoms with Gasteiger partial charge >= 0.3 is 5.97 Å². The fourth-order valence-corrected chi connectivity index (χ4v) is 7.87. The summed E-state index contributed by atoms with van der Waals surface area (Å²) in [7, 11) is 1.70. The van der Waals surface area contributed by atoms with Gasteiger partial charge in [0.15, 0.2) is 0 Å². The van der Waals surface area contributed by atoms with Crippen molar-refractivity contribution in [2.45, 2.75) is 63.5 Å². The third kappa shape index (κ3) is 6.03. The van der Waals surface area contributed by atoms with E-state index in [2.05, 4.69) is 18.7 Å². The second-order valence-corrected chi connectivity index (χ2v) is 13.1. The van der Waals surface area contributed by atoms with E-state index in [0.717, 1.165) is 18.8 Å². The Bertz CT molecular complexity index is 1610. The van der Waals surface area contributed by atoms with Crippen LogP contribution in [0.25, 0.3) is 0 Å². The Morgan fingerprint density at radius 1 is 0.959 bits per heavy atom. The van der Waals surface area contributed by atoms with Crippen molar-refractivity contribution < 1.29 is 33.8 Å². The molecule has 11 nitrogen and oxygen atoms in total. The Hall–Kier alpha value is -4.48. The maximum Gasteiger partial charge on any atom is 0.313 e. The van der Waals surface area contributed by atoms with Crippen molar-refractivity contribution in [2.75, 3.05) is 49.6 Å². The van der Waals surface area contributed by atoms with Crippen molar-refractivity contribution in [1.29, 1.82) is 0 Å². The van der Waals surface area contributed by atoms with Crippen LogP contribution in [0.1, 0.15) is 45.3 Å². The zero-order valence-electron chi connectivity index (χ0n) is 28.6. The molecule has 0 unspecified atom stereocenters. The number of aliphatic hydroxyl groups is 1. The Balaban J connectivity index is 1.43. The summed E-state index contributed by atoms with van der Waals surface area (Å²) in [6.45, 7) is 7.38. The summed E-state index contributed by atoms with van der Waals surface area (Å²) in [5.74, 6) is -3.63. The quantitative estimate of drug-likeness (QED) is 0.352. The molecule has 4 aliphatic rings. The number of cyclic esters (lactones) is 1. The lowest BCUT2D eigenvalue weighted by molar-refractivity contribution is -0.164. The third-order valence-electron chi connectivity index (χ3n) is 10.6. The van der Waals surface area contributed by atoms with E-state index in [4.69, 9.17) is 9.47 Å². The predicted molar refractivity (Wildman–Crippen MR) is 185 cm³/mol. The summed E-state index contributed by atoms with van der Waals surface area (Å²) in [6.07, 6.45) is 6.31. The number of carbonyl (C=O) groups is 4. The molecule has 0 aromatic heterocycles. The molecule has 0 aliphatic carbocycles. The molecule has 5 bridgehead atoms. The second kappa shape index (κ2) is 14.2. The molecule has 4 aliphatic heterocycles. The van der Waals surface area contributed by atoms with Crippen molar-refractivity contribution in [1.82, 2.24) is 9.80 Å². The van der Waals surface area contributed by atoms with E-state index >= 15 is 0 Å². The van der Waals surface area contributed by atoms with E-state index in [1.807, 2.05) is 73.7 Å². The molecule has 7 atom stereocenters. The van der Waals surface area contributed by atoms with E-state index in [0.29, 0.717) is 17.7 Å². The van der Waals surface area contributed by atoms with Crippen LogP contribution < -0.4 is 9.80 Å². The summed E-state index contributed by atoms with van der Waals surface area (Å²) >= 11 is 0.